The molecular formula is C18H21N5O3. The molecule has 0 aliphatic carbocycles. The summed E-state index contributed by atoms with van der Waals surface area (Å²) in [4.78, 5) is 36.7. The molecular weight excluding hydrogens is 334 g/mol. The van der Waals surface area contributed by atoms with E-state index in [9.17, 15) is 14.4 Å². The summed E-state index contributed by atoms with van der Waals surface area (Å²) in [7, 11) is 0. The van der Waals surface area contributed by atoms with Crippen LogP contribution in [0.3, 0.4) is 0 Å². The Hall–Kier alpha value is -3.34. The van der Waals surface area contributed by atoms with Gasteiger partial charge in [-0.25, -0.2) is 0 Å². The first kappa shape index (κ1) is 19.0. The number of likely N-dealkylation sites (tertiary alicyclic amines) is 1. The molecule has 1 saturated heterocycles. The molecule has 1 aromatic carbocycles. The Bertz CT molecular complexity index is 766. The van der Waals surface area contributed by atoms with Gasteiger partial charge in [0.05, 0.1) is 11.3 Å². The van der Waals surface area contributed by atoms with Crippen LogP contribution in [0.4, 0.5) is 5.69 Å². The summed E-state index contributed by atoms with van der Waals surface area (Å²) in [5.41, 5.74) is 5.83. The molecule has 0 radical (unpaired) electrons. The van der Waals surface area contributed by atoms with Gasteiger partial charge in [-0.3, -0.25) is 14.4 Å². The summed E-state index contributed by atoms with van der Waals surface area (Å²) in [6, 6.07) is 8.35. The number of para-hydroxylation sites is 1. The maximum atomic E-state index is 12.1. The number of anilines is 1. The number of nitrogens with two attached hydrogens (primary N) is 1. The van der Waals surface area contributed by atoms with Gasteiger partial charge in [0, 0.05) is 32.3 Å². The van der Waals surface area contributed by atoms with Crippen molar-refractivity contribution in [2.45, 2.75) is 19.3 Å². The molecule has 1 aliphatic heterocycles. The molecule has 26 heavy (non-hydrogen) atoms. The van der Waals surface area contributed by atoms with Crippen molar-refractivity contribution < 1.29 is 14.4 Å². The fourth-order valence-electron chi connectivity index (χ4n) is 2.63. The molecule has 0 aromatic heterocycles. The van der Waals surface area contributed by atoms with Gasteiger partial charge in [0.1, 0.15) is 11.6 Å². The Balaban J connectivity index is 1.86. The number of nitriles is 1. The van der Waals surface area contributed by atoms with E-state index in [4.69, 9.17) is 11.0 Å². The highest BCUT2D eigenvalue weighted by Crippen LogP contribution is 2.14. The minimum Gasteiger partial charge on any atom is -0.366 e. The summed E-state index contributed by atoms with van der Waals surface area (Å²) >= 11 is 0. The summed E-state index contributed by atoms with van der Waals surface area (Å²) < 4.78 is 0. The molecule has 4 N–H and O–H groups in total. The van der Waals surface area contributed by atoms with Crippen molar-refractivity contribution in [3.63, 3.8) is 0 Å². The first-order valence-corrected chi connectivity index (χ1v) is 8.34. The highest BCUT2D eigenvalue weighted by molar-refractivity contribution is 6.00. The van der Waals surface area contributed by atoms with Crippen LogP contribution in [0.1, 0.15) is 29.6 Å². The molecule has 8 nitrogen and oxygen atoms in total. The number of nitrogens with zero attached hydrogens (tertiary/aromatic N) is 2. The normalized spacial score (nSPS) is 14.0. The predicted molar refractivity (Wildman–Crippen MR) is 95.7 cm³/mol. The van der Waals surface area contributed by atoms with Gasteiger partial charge >= 0.3 is 0 Å². The molecule has 1 aliphatic rings. The van der Waals surface area contributed by atoms with E-state index in [0.29, 0.717) is 31.6 Å². The molecule has 0 bridgehead atoms. The fourth-order valence-corrected chi connectivity index (χ4v) is 2.63. The summed E-state index contributed by atoms with van der Waals surface area (Å²) in [5, 5.41) is 14.6. The van der Waals surface area contributed by atoms with Crippen LogP contribution in [0, 0.1) is 11.3 Å². The lowest BCUT2D eigenvalue weighted by Crippen LogP contribution is -2.31. The van der Waals surface area contributed by atoms with E-state index in [1.165, 1.54) is 6.20 Å². The standard InChI is InChI=1S/C18H21N5O3/c19-11-13(12-22-15-6-2-1-5-14(15)17(20)25)18(26)21-8-4-10-23-9-3-7-16(23)24/h1-2,5-6,12,22H,3-4,7-10H2,(H2,20,25)(H,21,26)/b13-12-. The minimum atomic E-state index is -0.610. The molecule has 0 unspecified atom stereocenters. The number of carbonyl (C=O) groups excluding carboxylic acids is 3. The van der Waals surface area contributed by atoms with Crippen molar-refractivity contribution in [3.8, 4) is 6.07 Å². The number of benzene rings is 1. The second-order valence-corrected chi connectivity index (χ2v) is 5.82. The zero-order valence-corrected chi connectivity index (χ0v) is 14.3. The molecule has 8 heteroatoms. The second kappa shape index (κ2) is 9.22. The number of primary amides is 1. The second-order valence-electron chi connectivity index (χ2n) is 5.82. The third kappa shape index (κ3) is 5.08. The molecule has 2 rings (SSSR count). The van der Waals surface area contributed by atoms with E-state index >= 15 is 0 Å². The topological polar surface area (TPSA) is 128 Å². The Labute approximate surface area is 151 Å². The Morgan fingerprint density at radius 2 is 2.12 bits per heavy atom. The third-order valence-corrected chi connectivity index (χ3v) is 3.99. The molecule has 1 heterocycles. The largest absolute Gasteiger partial charge is 0.366 e. The van der Waals surface area contributed by atoms with Crippen LogP contribution in [-0.4, -0.2) is 42.3 Å². The molecule has 1 aromatic rings. The number of nitrogens with one attached hydrogen (secondary N) is 2. The van der Waals surface area contributed by atoms with Crippen LogP contribution in [0.2, 0.25) is 0 Å². The summed E-state index contributed by atoms with van der Waals surface area (Å²) in [6.45, 7) is 1.72. The zero-order chi connectivity index (χ0) is 18.9. The number of amides is 3. The van der Waals surface area contributed by atoms with Gasteiger partial charge < -0.3 is 21.3 Å². The highest BCUT2D eigenvalue weighted by atomic mass is 16.2. The smallest absolute Gasteiger partial charge is 0.263 e. The van der Waals surface area contributed by atoms with Gasteiger partial charge in [-0.1, -0.05) is 12.1 Å². The average Bonchev–Trinajstić information content (AvgIpc) is 3.04. The minimum absolute atomic E-state index is 0.124. The molecule has 1 fully saturated rings. The van der Waals surface area contributed by atoms with Gasteiger partial charge in [0.2, 0.25) is 5.91 Å². The number of rotatable bonds is 8. The molecule has 0 saturated carbocycles. The first-order chi connectivity index (χ1) is 12.5. The van der Waals surface area contributed by atoms with Gasteiger partial charge in [-0.2, -0.15) is 5.26 Å². The first-order valence-electron chi connectivity index (χ1n) is 8.34. The maximum absolute atomic E-state index is 12.1. The Kier molecular flexibility index (Phi) is 6.74. The van der Waals surface area contributed by atoms with Gasteiger partial charge in [0.15, 0.2) is 0 Å². The van der Waals surface area contributed by atoms with Crippen LogP contribution in [0.15, 0.2) is 36.0 Å². The predicted octanol–water partition coefficient (Wildman–Crippen LogP) is 0.734. The van der Waals surface area contributed by atoms with Crippen molar-refractivity contribution in [2.75, 3.05) is 25.0 Å². The van der Waals surface area contributed by atoms with Gasteiger partial charge in [-0.05, 0) is 25.0 Å². The van der Waals surface area contributed by atoms with Crippen LogP contribution in [0.5, 0.6) is 0 Å². The average molecular weight is 355 g/mol. The van der Waals surface area contributed by atoms with Crippen LogP contribution in [-0.2, 0) is 9.59 Å². The van der Waals surface area contributed by atoms with E-state index in [1.54, 1.807) is 29.2 Å². The summed E-state index contributed by atoms with van der Waals surface area (Å²) in [5.74, 6) is -0.989. The number of hydrogen-bond donors (Lipinski definition) is 3. The lowest BCUT2D eigenvalue weighted by atomic mass is 10.1. The monoisotopic (exact) mass is 355 g/mol. The number of hydrogen-bond acceptors (Lipinski definition) is 5. The van der Waals surface area contributed by atoms with E-state index in [2.05, 4.69) is 10.6 Å². The van der Waals surface area contributed by atoms with Crippen molar-refractivity contribution >= 4 is 23.4 Å². The molecule has 136 valence electrons. The number of carbonyl (C=O) groups is 3. The van der Waals surface area contributed by atoms with Gasteiger partial charge in [-0.15, -0.1) is 0 Å². The molecule has 3 amide bonds. The Morgan fingerprint density at radius 3 is 2.77 bits per heavy atom. The maximum Gasteiger partial charge on any atom is 0.263 e. The lowest BCUT2D eigenvalue weighted by molar-refractivity contribution is -0.127. The van der Waals surface area contributed by atoms with Crippen molar-refractivity contribution in [1.29, 1.82) is 5.26 Å². The van der Waals surface area contributed by atoms with Crippen molar-refractivity contribution in [3.05, 3.63) is 41.6 Å². The van der Waals surface area contributed by atoms with E-state index in [1.807, 2.05) is 6.07 Å². The zero-order valence-electron chi connectivity index (χ0n) is 14.3. The van der Waals surface area contributed by atoms with Crippen LogP contribution >= 0.6 is 0 Å². The van der Waals surface area contributed by atoms with Gasteiger partial charge in [0.25, 0.3) is 11.8 Å². The van der Waals surface area contributed by atoms with E-state index in [0.717, 1.165) is 13.0 Å². The SMILES string of the molecule is N#C/C(=C/Nc1ccccc1C(N)=O)C(=O)NCCCN1CCCC1=O. The summed E-state index contributed by atoms with van der Waals surface area (Å²) in [6.07, 6.45) is 3.33. The van der Waals surface area contributed by atoms with E-state index < -0.39 is 11.8 Å². The third-order valence-electron chi connectivity index (χ3n) is 3.99. The van der Waals surface area contributed by atoms with Crippen molar-refractivity contribution in [2.24, 2.45) is 5.73 Å². The molecule has 0 atom stereocenters. The molecule has 0 spiro atoms. The lowest BCUT2D eigenvalue weighted by Gasteiger charge is -2.15. The Morgan fingerprint density at radius 1 is 1.35 bits per heavy atom. The quantitative estimate of drug-likeness (QED) is 0.360. The van der Waals surface area contributed by atoms with Crippen LogP contribution < -0.4 is 16.4 Å². The van der Waals surface area contributed by atoms with E-state index in [-0.39, 0.29) is 17.0 Å². The van der Waals surface area contributed by atoms with Crippen LogP contribution in [0.25, 0.3) is 0 Å². The fraction of sp³-hybridized carbons (Fsp3) is 0.333. The van der Waals surface area contributed by atoms with Crippen molar-refractivity contribution in [1.82, 2.24) is 10.2 Å². The highest BCUT2D eigenvalue weighted by Gasteiger charge is 2.19.